The topological polar surface area (TPSA) is 35.5 Å². The van der Waals surface area contributed by atoms with Crippen molar-refractivity contribution in [2.24, 2.45) is 0 Å². The second-order valence-corrected chi connectivity index (χ2v) is 5.44. The number of ether oxygens (including phenoxy) is 2. The first-order chi connectivity index (χ1) is 7.18. The monoisotopic (exact) mass is 290 g/mol. The maximum Gasteiger partial charge on any atom is 0.204 e. The molecule has 0 amide bonds. The van der Waals surface area contributed by atoms with Crippen LogP contribution in [0.4, 0.5) is 0 Å². The number of carbonyl (C=O) groups is 1. The van der Waals surface area contributed by atoms with Gasteiger partial charge in [0.05, 0.1) is 24.7 Å². The molecule has 15 heavy (non-hydrogen) atoms. The summed E-state index contributed by atoms with van der Waals surface area (Å²) in [4.78, 5) is 13.8. The third-order valence-corrected chi connectivity index (χ3v) is 4.10. The first-order valence-electron chi connectivity index (χ1n) is 4.68. The van der Waals surface area contributed by atoms with Gasteiger partial charge in [-0.3, -0.25) is 4.79 Å². The minimum atomic E-state index is -0.437. The lowest BCUT2D eigenvalue weighted by molar-refractivity contribution is -0.0718. The van der Waals surface area contributed by atoms with Gasteiger partial charge in [-0.2, -0.15) is 0 Å². The van der Waals surface area contributed by atoms with Crippen LogP contribution in [-0.2, 0) is 9.47 Å². The molecule has 1 aliphatic heterocycles. The van der Waals surface area contributed by atoms with E-state index in [1.165, 1.54) is 11.3 Å². The average Bonchev–Trinajstić information content (AvgIpc) is 2.58. The fraction of sp³-hybridized carbons (Fsp3) is 0.500. The summed E-state index contributed by atoms with van der Waals surface area (Å²) in [6.07, 6.45) is -0.437. The van der Waals surface area contributed by atoms with E-state index in [4.69, 9.17) is 9.47 Å². The summed E-state index contributed by atoms with van der Waals surface area (Å²) >= 11 is 4.86. The number of aryl methyl sites for hydroxylation is 1. The van der Waals surface area contributed by atoms with E-state index in [0.717, 1.165) is 14.2 Å². The molecule has 2 rings (SSSR count). The molecule has 2 heterocycles. The number of carbonyl (C=O) groups excluding carboxylic acids is 1. The fourth-order valence-electron chi connectivity index (χ4n) is 1.44. The average molecular weight is 291 g/mol. The van der Waals surface area contributed by atoms with Gasteiger partial charge >= 0.3 is 0 Å². The molecule has 1 aliphatic rings. The van der Waals surface area contributed by atoms with Crippen LogP contribution in [0.15, 0.2) is 10.5 Å². The van der Waals surface area contributed by atoms with Crippen molar-refractivity contribution in [2.75, 3.05) is 19.8 Å². The van der Waals surface area contributed by atoms with Gasteiger partial charge in [-0.1, -0.05) is 0 Å². The summed E-state index contributed by atoms with van der Waals surface area (Å²) in [6.45, 7) is 3.42. The van der Waals surface area contributed by atoms with E-state index in [1.807, 2.05) is 13.0 Å². The van der Waals surface area contributed by atoms with Crippen LogP contribution in [0, 0.1) is 6.92 Å². The lowest BCUT2D eigenvalue weighted by atomic mass is 10.2. The molecule has 0 N–H and O–H groups in total. The van der Waals surface area contributed by atoms with E-state index in [2.05, 4.69) is 15.9 Å². The smallest absolute Gasteiger partial charge is 0.204 e. The number of hydrogen-bond acceptors (Lipinski definition) is 4. The van der Waals surface area contributed by atoms with Gasteiger partial charge in [-0.25, -0.2) is 0 Å². The summed E-state index contributed by atoms with van der Waals surface area (Å²) in [6, 6.07) is 1.95. The molecule has 3 nitrogen and oxygen atoms in total. The van der Waals surface area contributed by atoms with Crippen molar-refractivity contribution in [3.8, 4) is 0 Å². The highest BCUT2D eigenvalue weighted by atomic mass is 79.9. The molecule has 1 aromatic heterocycles. The molecule has 0 bridgehead atoms. The van der Waals surface area contributed by atoms with E-state index in [0.29, 0.717) is 19.8 Å². The molecule has 0 aliphatic carbocycles. The SMILES string of the molecule is Cc1cc(Br)c(C(=O)C2COCCO2)s1. The van der Waals surface area contributed by atoms with Gasteiger partial charge < -0.3 is 9.47 Å². The lowest BCUT2D eigenvalue weighted by Gasteiger charge is -2.21. The van der Waals surface area contributed by atoms with Gasteiger partial charge in [0.25, 0.3) is 0 Å². The number of halogens is 1. The Morgan fingerprint density at radius 1 is 1.60 bits per heavy atom. The zero-order chi connectivity index (χ0) is 10.8. The van der Waals surface area contributed by atoms with Gasteiger partial charge in [0.1, 0.15) is 6.10 Å². The van der Waals surface area contributed by atoms with E-state index >= 15 is 0 Å². The van der Waals surface area contributed by atoms with Crippen LogP contribution in [0.5, 0.6) is 0 Å². The molecule has 0 radical (unpaired) electrons. The highest BCUT2D eigenvalue weighted by Gasteiger charge is 2.26. The molecule has 1 aromatic rings. The highest BCUT2D eigenvalue weighted by molar-refractivity contribution is 9.10. The third-order valence-electron chi connectivity index (χ3n) is 2.14. The molecule has 0 spiro atoms. The summed E-state index contributed by atoms with van der Waals surface area (Å²) in [5, 5.41) is 0. The van der Waals surface area contributed by atoms with Crippen molar-refractivity contribution >= 4 is 33.0 Å². The van der Waals surface area contributed by atoms with Gasteiger partial charge in [0.2, 0.25) is 5.78 Å². The minimum Gasteiger partial charge on any atom is -0.376 e. The highest BCUT2D eigenvalue weighted by Crippen LogP contribution is 2.28. The van der Waals surface area contributed by atoms with Crippen molar-refractivity contribution in [1.82, 2.24) is 0 Å². The molecule has 1 fully saturated rings. The van der Waals surface area contributed by atoms with E-state index in [1.54, 1.807) is 0 Å². The zero-order valence-corrected chi connectivity index (χ0v) is 10.7. The Labute approximate surface area is 101 Å². The van der Waals surface area contributed by atoms with Crippen LogP contribution in [0.3, 0.4) is 0 Å². The number of hydrogen-bond donors (Lipinski definition) is 0. The Morgan fingerprint density at radius 3 is 2.93 bits per heavy atom. The molecule has 0 saturated carbocycles. The van der Waals surface area contributed by atoms with Crippen molar-refractivity contribution in [3.05, 3.63) is 20.3 Å². The van der Waals surface area contributed by atoms with Gasteiger partial charge in [0.15, 0.2) is 0 Å². The Bertz CT molecular complexity index is 369. The molecule has 1 unspecified atom stereocenters. The summed E-state index contributed by atoms with van der Waals surface area (Å²) in [5.74, 6) is 0.0136. The van der Waals surface area contributed by atoms with Crippen LogP contribution in [0.2, 0.25) is 0 Å². The molecule has 1 atom stereocenters. The second-order valence-electron chi connectivity index (χ2n) is 3.33. The number of Topliss-reactive ketones (excluding diaryl/α,β-unsaturated/α-hetero) is 1. The van der Waals surface area contributed by atoms with Gasteiger partial charge in [-0.05, 0) is 28.9 Å². The number of ketones is 1. The molecule has 1 saturated heterocycles. The Balaban J connectivity index is 2.16. The molecule has 5 heteroatoms. The predicted octanol–water partition coefficient (Wildman–Crippen LogP) is 2.42. The van der Waals surface area contributed by atoms with E-state index in [9.17, 15) is 4.79 Å². The van der Waals surface area contributed by atoms with Crippen molar-refractivity contribution < 1.29 is 14.3 Å². The number of thiophene rings is 1. The van der Waals surface area contributed by atoms with E-state index < -0.39 is 6.10 Å². The van der Waals surface area contributed by atoms with Crippen molar-refractivity contribution in [1.29, 1.82) is 0 Å². The Morgan fingerprint density at radius 2 is 2.40 bits per heavy atom. The summed E-state index contributed by atoms with van der Waals surface area (Å²) in [7, 11) is 0. The predicted molar refractivity (Wildman–Crippen MR) is 61.6 cm³/mol. The van der Waals surface area contributed by atoms with Crippen LogP contribution >= 0.6 is 27.3 Å². The molecular weight excluding hydrogens is 280 g/mol. The Kier molecular flexibility index (Phi) is 3.56. The minimum absolute atomic E-state index is 0.0136. The Hall–Kier alpha value is -0.230. The van der Waals surface area contributed by atoms with Crippen LogP contribution < -0.4 is 0 Å². The van der Waals surface area contributed by atoms with Crippen LogP contribution in [0.1, 0.15) is 14.5 Å². The lowest BCUT2D eigenvalue weighted by Crippen LogP contribution is -2.35. The maximum atomic E-state index is 12.0. The first kappa shape index (κ1) is 11.3. The maximum absolute atomic E-state index is 12.0. The molecular formula is C10H11BrO3S. The van der Waals surface area contributed by atoms with Gasteiger partial charge in [0, 0.05) is 9.35 Å². The first-order valence-corrected chi connectivity index (χ1v) is 6.29. The van der Waals surface area contributed by atoms with Crippen LogP contribution in [0.25, 0.3) is 0 Å². The summed E-state index contributed by atoms with van der Waals surface area (Å²) in [5.41, 5.74) is 0. The fourth-order valence-corrected chi connectivity index (χ4v) is 3.26. The third kappa shape index (κ3) is 2.47. The summed E-state index contributed by atoms with van der Waals surface area (Å²) < 4.78 is 11.4. The van der Waals surface area contributed by atoms with Crippen molar-refractivity contribution in [3.63, 3.8) is 0 Å². The zero-order valence-electron chi connectivity index (χ0n) is 8.29. The standard InChI is InChI=1S/C10H11BrO3S/c1-6-4-7(11)10(15-6)9(12)8-5-13-2-3-14-8/h4,8H,2-3,5H2,1H3. The molecule has 0 aromatic carbocycles. The second kappa shape index (κ2) is 4.74. The van der Waals surface area contributed by atoms with Crippen molar-refractivity contribution in [2.45, 2.75) is 13.0 Å². The molecule has 82 valence electrons. The van der Waals surface area contributed by atoms with Gasteiger partial charge in [-0.15, -0.1) is 11.3 Å². The van der Waals surface area contributed by atoms with E-state index in [-0.39, 0.29) is 5.78 Å². The van der Waals surface area contributed by atoms with Crippen LogP contribution in [-0.4, -0.2) is 31.7 Å². The number of rotatable bonds is 2. The largest absolute Gasteiger partial charge is 0.376 e. The quantitative estimate of drug-likeness (QED) is 0.785. The normalized spacial score (nSPS) is 21.6.